The Kier molecular flexibility index (Phi) is 4.61. The van der Waals surface area contributed by atoms with Gasteiger partial charge in [-0.15, -0.1) is 11.3 Å². The molecule has 0 bridgehead atoms. The van der Waals surface area contributed by atoms with Crippen molar-refractivity contribution in [2.45, 2.75) is 24.1 Å². The normalized spacial score (nSPS) is 14.1. The summed E-state index contributed by atoms with van der Waals surface area (Å²) in [6, 6.07) is 1.44. The van der Waals surface area contributed by atoms with Gasteiger partial charge in [0.1, 0.15) is 4.21 Å². The van der Waals surface area contributed by atoms with E-state index in [2.05, 4.69) is 20.7 Å². The van der Waals surface area contributed by atoms with Crippen LogP contribution in [-0.2, 0) is 10.0 Å². The topological polar surface area (TPSA) is 46.2 Å². The monoisotopic (exact) mass is 331 g/mol. The molecule has 1 N–H and O–H groups in total. The molecule has 0 aliphatic rings. The largest absolute Gasteiger partial charge is 0.250 e. The van der Waals surface area contributed by atoms with Crippen molar-refractivity contribution in [3.8, 4) is 0 Å². The number of hydrogen-bond donors (Lipinski definition) is 1. The summed E-state index contributed by atoms with van der Waals surface area (Å²) in [4.78, 5) is 0. The Morgan fingerprint density at radius 3 is 2.67 bits per heavy atom. The van der Waals surface area contributed by atoms with Gasteiger partial charge in [0.25, 0.3) is 0 Å². The number of halogens is 2. The first-order chi connectivity index (χ1) is 6.86. The van der Waals surface area contributed by atoms with Gasteiger partial charge in [-0.1, -0.05) is 27.5 Å². The first kappa shape index (κ1) is 13.4. The standard InChI is InChI=1S/C8H11BrClNO2S2/c1-5-3-7(14-8(5)10)15(12,13)11-6(2)4-9/h3,6,11H,4H2,1-2H3. The molecule has 0 radical (unpaired) electrons. The summed E-state index contributed by atoms with van der Waals surface area (Å²) in [6.07, 6.45) is 0. The molecule has 0 amide bonds. The van der Waals surface area contributed by atoms with E-state index in [4.69, 9.17) is 11.6 Å². The van der Waals surface area contributed by atoms with Crippen LogP contribution in [-0.4, -0.2) is 19.8 Å². The second-order valence-corrected chi connectivity index (χ2v) is 7.44. The Morgan fingerprint density at radius 1 is 1.67 bits per heavy atom. The summed E-state index contributed by atoms with van der Waals surface area (Å²) in [5.74, 6) is 0. The van der Waals surface area contributed by atoms with E-state index in [0.29, 0.717) is 9.67 Å². The van der Waals surface area contributed by atoms with Gasteiger partial charge in [-0.3, -0.25) is 0 Å². The van der Waals surface area contributed by atoms with Crippen molar-refractivity contribution in [3.63, 3.8) is 0 Å². The Bertz CT molecular complexity index is 424. The van der Waals surface area contributed by atoms with Gasteiger partial charge in [-0.05, 0) is 25.5 Å². The minimum absolute atomic E-state index is 0.142. The van der Waals surface area contributed by atoms with Crippen LogP contribution in [0.3, 0.4) is 0 Å². The first-order valence-corrected chi connectivity index (χ1v) is 8.01. The highest BCUT2D eigenvalue weighted by molar-refractivity contribution is 9.09. The summed E-state index contributed by atoms with van der Waals surface area (Å²) in [6.45, 7) is 3.57. The van der Waals surface area contributed by atoms with E-state index >= 15 is 0 Å². The van der Waals surface area contributed by atoms with Crippen LogP contribution in [0.1, 0.15) is 12.5 Å². The van der Waals surface area contributed by atoms with Crippen molar-refractivity contribution in [1.82, 2.24) is 4.72 Å². The van der Waals surface area contributed by atoms with Crippen molar-refractivity contribution in [1.29, 1.82) is 0 Å². The lowest BCUT2D eigenvalue weighted by Gasteiger charge is -2.09. The zero-order valence-corrected chi connectivity index (χ0v) is 12.2. The summed E-state index contributed by atoms with van der Waals surface area (Å²) in [5.41, 5.74) is 0.786. The predicted molar refractivity (Wildman–Crippen MR) is 67.6 cm³/mol. The van der Waals surface area contributed by atoms with Crippen LogP contribution in [0.4, 0.5) is 0 Å². The third-order valence-corrected chi connectivity index (χ3v) is 6.28. The molecule has 0 fully saturated rings. The SMILES string of the molecule is Cc1cc(S(=O)(=O)NC(C)CBr)sc1Cl. The molecule has 1 rings (SSSR count). The van der Waals surface area contributed by atoms with Crippen molar-refractivity contribution >= 4 is 48.9 Å². The molecular weight excluding hydrogens is 322 g/mol. The van der Waals surface area contributed by atoms with Gasteiger partial charge in [-0.2, -0.15) is 0 Å². The van der Waals surface area contributed by atoms with Gasteiger partial charge in [0.05, 0.1) is 4.34 Å². The van der Waals surface area contributed by atoms with Gasteiger partial charge >= 0.3 is 0 Å². The maximum atomic E-state index is 11.8. The van der Waals surface area contributed by atoms with E-state index in [1.807, 2.05) is 0 Å². The summed E-state index contributed by atoms with van der Waals surface area (Å²) in [5, 5.41) is 0.574. The number of thiophene rings is 1. The Morgan fingerprint density at radius 2 is 2.27 bits per heavy atom. The molecule has 3 nitrogen and oxygen atoms in total. The third kappa shape index (κ3) is 3.42. The number of aryl methyl sites for hydroxylation is 1. The maximum absolute atomic E-state index is 11.8. The molecule has 0 aromatic carbocycles. The van der Waals surface area contributed by atoms with Gasteiger partial charge in [-0.25, -0.2) is 13.1 Å². The molecule has 0 aliphatic carbocycles. The average molecular weight is 333 g/mol. The number of nitrogens with one attached hydrogen (secondary N) is 1. The van der Waals surface area contributed by atoms with E-state index in [1.165, 1.54) is 0 Å². The first-order valence-electron chi connectivity index (χ1n) is 4.21. The van der Waals surface area contributed by atoms with Gasteiger partial charge in [0.2, 0.25) is 10.0 Å². The van der Waals surface area contributed by atoms with Crippen LogP contribution in [0.5, 0.6) is 0 Å². The molecule has 0 spiro atoms. The zero-order valence-electron chi connectivity index (χ0n) is 8.25. The summed E-state index contributed by atoms with van der Waals surface area (Å²) in [7, 11) is -3.42. The van der Waals surface area contributed by atoms with Gasteiger partial charge in [0, 0.05) is 11.4 Å². The van der Waals surface area contributed by atoms with Crippen LogP contribution in [0.2, 0.25) is 4.34 Å². The third-order valence-electron chi connectivity index (χ3n) is 1.69. The Labute approximate surface area is 107 Å². The highest BCUT2D eigenvalue weighted by Crippen LogP contribution is 2.29. The Hall–Kier alpha value is 0.380. The van der Waals surface area contributed by atoms with Crippen LogP contribution in [0, 0.1) is 6.92 Å². The fraction of sp³-hybridized carbons (Fsp3) is 0.500. The quantitative estimate of drug-likeness (QED) is 0.862. The molecule has 7 heteroatoms. The maximum Gasteiger partial charge on any atom is 0.250 e. The second-order valence-electron chi connectivity index (χ2n) is 3.20. The predicted octanol–water partition coefficient (Wildman–Crippen LogP) is 2.77. The minimum atomic E-state index is -3.42. The highest BCUT2D eigenvalue weighted by atomic mass is 79.9. The van der Waals surface area contributed by atoms with Crippen LogP contribution in [0.15, 0.2) is 10.3 Å². The van der Waals surface area contributed by atoms with Crippen LogP contribution in [0.25, 0.3) is 0 Å². The molecule has 0 saturated heterocycles. The zero-order chi connectivity index (χ0) is 11.6. The number of rotatable bonds is 4. The molecule has 86 valence electrons. The molecule has 15 heavy (non-hydrogen) atoms. The average Bonchev–Trinajstić information content (AvgIpc) is 2.47. The number of alkyl halides is 1. The fourth-order valence-electron chi connectivity index (χ4n) is 0.919. The highest BCUT2D eigenvalue weighted by Gasteiger charge is 2.20. The van der Waals surface area contributed by atoms with Crippen molar-refractivity contribution < 1.29 is 8.42 Å². The molecule has 0 saturated carbocycles. The number of sulfonamides is 1. The fourth-order valence-corrected chi connectivity index (χ4v) is 4.26. The molecule has 1 heterocycles. The van der Waals surface area contributed by atoms with E-state index in [-0.39, 0.29) is 10.3 Å². The van der Waals surface area contributed by atoms with Crippen LogP contribution >= 0.6 is 38.9 Å². The molecule has 1 unspecified atom stereocenters. The molecular formula is C8H11BrClNO2S2. The number of hydrogen-bond acceptors (Lipinski definition) is 3. The van der Waals surface area contributed by atoms with Gasteiger partial charge in [0.15, 0.2) is 0 Å². The minimum Gasteiger partial charge on any atom is -0.207 e. The smallest absolute Gasteiger partial charge is 0.207 e. The van der Waals surface area contributed by atoms with Crippen molar-refractivity contribution in [3.05, 3.63) is 16.0 Å². The molecule has 0 aliphatic heterocycles. The van der Waals surface area contributed by atoms with Crippen LogP contribution < -0.4 is 4.72 Å². The summed E-state index contributed by atoms with van der Waals surface area (Å²) < 4.78 is 26.9. The lowest BCUT2D eigenvalue weighted by atomic mass is 10.4. The van der Waals surface area contributed by atoms with E-state index < -0.39 is 10.0 Å². The van der Waals surface area contributed by atoms with Crippen molar-refractivity contribution in [2.75, 3.05) is 5.33 Å². The molecule has 1 aromatic rings. The molecule has 1 atom stereocenters. The lowest BCUT2D eigenvalue weighted by Crippen LogP contribution is -2.33. The van der Waals surface area contributed by atoms with E-state index in [0.717, 1.165) is 16.9 Å². The second kappa shape index (κ2) is 5.14. The lowest BCUT2D eigenvalue weighted by molar-refractivity contribution is 0.573. The van der Waals surface area contributed by atoms with Gasteiger partial charge < -0.3 is 0 Å². The van der Waals surface area contributed by atoms with E-state index in [1.54, 1.807) is 19.9 Å². The summed E-state index contributed by atoms with van der Waals surface area (Å²) >= 11 is 10.1. The van der Waals surface area contributed by atoms with Crippen molar-refractivity contribution in [2.24, 2.45) is 0 Å². The van der Waals surface area contributed by atoms with E-state index in [9.17, 15) is 8.42 Å². The Balaban J connectivity index is 2.96. The molecule has 1 aromatic heterocycles.